The number of hydrogen-bond acceptors (Lipinski definition) is 3. The zero-order chi connectivity index (χ0) is 16.9. The molecule has 0 heterocycles. The number of unbranched alkanes of at least 4 members (excludes halogenated alkanes) is 2. The van der Waals surface area contributed by atoms with Crippen LogP contribution in [0.15, 0.2) is 24.3 Å². The number of amides is 2. The fraction of sp³-hybridized carbons (Fsp3) is 0.529. The van der Waals surface area contributed by atoms with Crippen LogP contribution in [0.1, 0.15) is 37.7 Å². The van der Waals surface area contributed by atoms with Crippen LogP contribution in [0, 0.1) is 6.92 Å². The molecule has 0 unspecified atom stereocenters. The van der Waals surface area contributed by atoms with Crippen molar-refractivity contribution < 1.29 is 19.4 Å². The fourth-order valence-corrected chi connectivity index (χ4v) is 1.94. The van der Waals surface area contributed by atoms with E-state index in [4.69, 9.17) is 9.84 Å². The Hall–Kier alpha value is -2.24. The van der Waals surface area contributed by atoms with Gasteiger partial charge in [-0.15, -0.1) is 0 Å². The molecular weight excluding hydrogens is 296 g/mol. The number of benzene rings is 1. The molecule has 6 heteroatoms. The summed E-state index contributed by atoms with van der Waals surface area (Å²) in [5.41, 5.74) is 1.19. The zero-order valence-electron chi connectivity index (χ0n) is 13.6. The third-order valence-electron chi connectivity index (χ3n) is 3.25. The second kappa shape index (κ2) is 11.3. The Morgan fingerprint density at radius 2 is 1.65 bits per heavy atom. The highest BCUT2D eigenvalue weighted by atomic mass is 16.5. The molecule has 0 spiro atoms. The molecule has 3 N–H and O–H groups in total. The maximum Gasteiger partial charge on any atom is 0.314 e. The molecule has 0 aliphatic rings. The number of carbonyl (C=O) groups is 2. The Balaban J connectivity index is 1.93. The molecular formula is C17H26N2O4. The van der Waals surface area contributed by atoms with Crippen LogP contribution in [-0.4, -0.2) is 36.8 Å². The van der Waals surface area contributed by atoms with E-state index < -0.39 is 5.97 Å². The van der Waals surface area contributed by atoms with Gasteiger partial charge in [-0.1, -0.05) is 24.1 Å². The molecule has 0 aliphatic heterocycles. The largest absolute Gasteiger partial charge is 0.494 e. The van der Waals surface area contributed by atoms with Crippen LogP contribution in [0.4, 0.5) is 4.79 Å². The van der Waals surface area contributed by atoms with Crippen molar-refractivity contribution >= 4 is 12.0 Å². The smallest absolute Gasteiger partial charge is 0.314 e. The Bertz CT molecular complexity index is 474. The lowest BCUT2D eigenvalue weighted by atomic mass is 10.2. The van der Waals surface area contributed by atoms with Crippen molar-refractivity contribution in [2.75, 3.05) is 19.7 Å². The van der Waals surface area contributed by atoms with Gasteiger partial charge in [-0.3, -0.25) is 4.79 Å². The van der Waals surface area contributed by atoms with Gasteiger partial charge < -0.3 is 20.5 Å². The van der Waals surface area contributed by atoms with E-state index >= 15 is 0 Å². The number of nitrogens with one attached hydrogen (secondary N) is 2. The zero-order valence-corrected chi connectivity index (χ0v) is 13.6. The summed E-state index contributed by atoms with van der Waals surface area (Å²) >= 11 is 0. The van der Waals surface area contributed by atoms with Gasteiger partial charge in [0.05, 0.1) is 6.61 Å². The predicted octanol–water partition coefficient (Wildman–Crippen LogP) is 2.71. The first-order valence-electron chi connectivity index (χ1n) is 8.01. The Morgan fingerprint density at radius 3 is 2.30 bits per heavy atom. The highest BCUT2D eigenvalue weighted by Crippen LogP contribution is 2.11. The summed E-state index contributed by atoms with van der Waals surface area (Å²) in [5.74, 6) is 0.0602. The van der Waals surface area contributed by atoms with Gasteiger partial charge in [0.25, 0.3) is 0 Å². The van der Waals surface area contributed by atoms with Crippen LogP contribution >= 0.6 is 0 Å². The van der Waals surface area contributed by atoms with Gasteiger partial charge in [0.1, 0.15) is 5.75 Å². The van der Waals surface area contributed by atoms with Crippen molar-refractivity contribution in [2.45, 2.75) is 39.0 Å². The summed E-state index contributed by atoms with van der Waals surface area (Å²) < 4.78 is 5.57. The molecule has 0 saturated heterocycles. The van der Waals surface area contributed by atoms with E-state index in [1.807, 2.05) is 31.2 Å². The highest BCUT2D eigenvalue weighted by molar-refractivity contribution is 5.73. The molecule has 1 aromatic rings. The Morgan fingerprint density at radius 1 is 1.00 bits per heavy atom. The van der Waals surface area contributed by atoms with Gasteiger partial charge >= 0.3 is 12.0 Å². The maximum absolute atomic E-state index is 11.5. The van der Waals surface area contributed by atoms with Crippen LogP contribution < -0.4 is 15.4 Å². The van der Waals surface area contributed by atoms with E-state index in [9.17, 15) is 9.59 Å². The van der Waals surface area contributed by atoms with Crippen molar-refractivity contribution in [3.63, 3.8) is 0 Å². The number of rotatable bonds is 11. The third-order valence-corrected chi connectivity index (χ3v) is 3.25. The lowest BCUT2D eigenvalue weighted by Gasteiger charge is -2.09. The Labute approximate surface area is 137 Å². The number of urea groups is 1. The van der Waals surface area contributed by atoms with Gasteiger partial charge in [-0.2, -0.15) is 0 Å². The highest BCUT2D eigenvalue weighted by Gasteiger charge is 2.00. The first kappa shape index (κ1) is 18.8. The number of aryl methyl sites for hydroxylation is 1. The minimum atomic E-state index is -0.774. The van der Waals surface area contributed by atoms with Crippen LogP contribution in [0.2, 0.25) is 0 Å². The van der Waals surface area contributed by atoms with E-state index in [2.05, 4.69) is 10.6 Å². The van der Waals surface area contributed by atoms with Crippen LogP contribution in [0.3, 0.4) is 0 Å². The van der Waals surface area contributed by atoms with Crippen molar-refractivity contribution in [1.82, 2.24) is 10.6 Å². The summed E-state index contributed by atoms with van der Waals surface area (Å²) in [7, 11) is 0. The SMILES string of the molecule is Cc1ccc(OCCCNC(=O)NCCCCCC(=O)O)cc1. The average molecular weight is 322 g/mol. The molecule has 0 atom stereocenters. The van der Waals surface area contributed by atoms with Crippen molar-refractivity contribution in [3.05, 3.63) is 29.8 Å². The minimum Gasteiger partial charge on any atom is -0.494 e. The number of carboxylic acids is 1. The molecule has 0 radical (unpaired) electrons. The normalized spacial score (nSPS) is 10.1. The van der Waals surface area contributed by atoms with Crippen molar-refractivity contribution in [2.24, 2.45) is 0 Å². The molecule has 128 valence electrons. The van der Waals surface area contributed by atoms with Gasteiger partial charge in [0, 0.05) is 19.5 Å². The summed E-state index contributed by atoms with van der Waals surface area (Å²) in [6.07, 6.45) is 3.16. The fourth-order valence-electron chi connectivity index (χ4n) is 1.94. The van der Waals surface area contributed by atoms with Crippen molar-refractivity contribution in [3.8, 4) is 5.75 Å². The first-order valence-corrected chi connectivity index (χ1v) is 8.01. The average Bonchev–Trinajstić information content (AvgIpc) is 2.52. The molecule has 0 saturated carbocycles. The quantitative estimate of drug-likeness (QED) is 0.547. The lowest BCUT2D eigenvalue weighted by Crippen LogP contribution is -2.36. The van der Waals surface area contributed by atoms with Crippen LogP contribution in [0.25, 0.3) is 0 Å². The van der Waals surface area contributed by atoms with E-state index in [-0.39, 0.29) is 12.5 Å². The minimum absolute atomic E-state index is 0.188. The summed E-state index contributed by atoms with van der Waals surface area (Å²) in [6.45, 7) is 3.69. The van der Waals surface area contributed by atoms with Crippen LogP contribution in [-0.2, 0) is 4.79 Å². The third kappa shape index (κ3) is 10.2. The van der Waals surface area contributed by atoms with Crippen molar-refractivity contribution in [1.29, 1.82) is 0 Å². The number of hydrogen-bond donors (Lipinski definition) is 3. The molecule has 0 aliphatic carbocycles. The van der Waals surface area contributed by atoms with Gasteiger partial charge in [0.2, 0.25) is 0 Å². The number of carboxylic acid groups (broad SMARTS) is 1. The second-order valence-corrected chi connectivity index (χ2v) is 5.40. The van der Waals surface area contributed by atoms with Gasteiger partial charge in [-0.05, 0) is 38.3 Å². The van der Waals surface area contributed by atoms with Gasteiger partial charge in [0.15, 0.2) is 0 Å². The second-order valence-electron chi connectivity index (χ2n) is 5.40. The van der Waals surface area contributed by atoms with E-state index in [1.165, 1.54) is 5.56 Å². The lowest BCUT2D eigenvalue weighted by molar-refractivity contribution is -0.137. The first-order chi connectivity index (χ1) is 11.1. The molecule has 1 rings (SSSR count). The number of carbonyl (C=O) groups excluding carboxylic acids is 1. The molecule has 6 nitrogen and oxygen atoms in total. The summed E-state index contributed by atoms with van der Waals surface area (Å²) in [5, 5.41) is 14.0. The molecule has 0 fully saturated rings. The molecule has 2 amide bonds. The van der Waals surface area contributed by atoms with E-state index in [1.54, 1.807) is 0 Å². The molecule has 0 bridgehead atoms. The molecule has 0 aromatic heterocycles. The topological polar surface area (TPSA) is 87.7 Å². The number of aliphatic carboxylic acids is 1. The maximum atomic E-state index is 11.5. The summed E-state index contributed by atoms with van der Waals surface area (Å²) in [4.78, 5) is 21.8. The molecule has 1 aromatic carbocycles. The summed E-state index contributed by atoms with van der Waals surface area (Å²) in [6, 6.07) is 7.66. The predicted molar refractivity (Wildman–Crippen MR) is 88.8 cm³/mol. The van der Waals surface area contributed by atoms with E-state index in [0.717, 1.165) is 25.0 Å². The standard InChI is InChI=1S/C17H26N2O4/c1-14-7-9-15(10-8-14)23-13-5-12-19-17(22)18-11-4-2-3-6-16(20)21/h7-10H,2-6,11-13H2,1H3,(H,20,21)(H2,18,19,22). The van der Waals surface area contributed by atoms with Crippen LogP contribution in [0.5, 0.6) is 5.75 Å². The van der Waals surface area contributed by atoms with Gasteiger partial charge in [-0.25, -0.2) is 4.79 Å². The molecule has 23 heavy (non-hydrogen) atoms. The van der Waals surface area contributed by atoms with E-state index in [0.29, 0.717) is 26.1 Å². The monoisotopic (exact) mass is 322 g/mol. The Kier molecular flexibility index (Phi) is 9.28. The number of ether oxygens (including phenoxy) is 1.